The van der Waals surface area contributed by atoms with E-state index in [1.807, 2.05) is 6.07 Å². The second-order valence-electron chi connectivity index (χ2n) is 5.13. The Bertz CT molecular complexity index is 638. The molecule has 0 atom stereocenters. The first kappa shape index (κ1) is 12.0. The number of pyridine rings is 1. The average Bonchev–Trinajstić information content (AvgIpc) is 2.48. The largest absolute Gasteiger partial charge is 0.256 e. The first-order valence-corrected chi connectivity index (χ1v) is 6.82. The maximum atomic E-state index is 8.64. The molecular formula is C15H16N4. The lowest BCUT2D eigenvalue weighted by molar-refractivity contribution is 0.444. The highest BCUT2D eigenvalue weighted by molar-refractivity contribution is 5.90. The molecule has 2 aromatic rings. The van der Waals surface area contributed by atoms with Crippen molar-refractivity contribution in [1.29, 1.82) is 0 Å². The number of hydrogen-bond donors (Lipinski definition) is 0. The molecule has 0 N–H and O–H groups in total. The predicted molar refractivity (Wildman–Crippen MR) is 76.4 cm³/mol. The Kier molecular flexibility index (Phi) is 3.34. The predicted octanol–water partition coefficient (Wildman–Crippen LogP) is 5.22. The fraction of sp³-hybridized carbons (Fsp3) is 0.400. The lowest BCUT2D eigenvalue weighted by atomic mass is 9.83. The summed E-state index contributed by atoms with van der Waals surface area (Å²) in [5, 5.41) is 4.72. The van der Waals surface area contributed by atoms with E-state index in [0.717, 1.165) is 10.9 Å². The first-order valence-electron chi connectivity index (χ1n) is 6.82. The van der Waals surface area contributed by atoms with Crippen molar-refractivity contribution < 1.29 is 0 Å². The van der Waals surface area contributed by atoms with Gasteiger partial charge in [-0.3, -0.25) is 4.98 Å². The van der Waals surface area contributed by atoms with Gasteiger partial charge in [0.15, 0.2) is 0 Å². The van der Waals surface area contributed by atoms with E-state index in [4.69, 9.17) is 5.53 Å². The van der Waals surface area contributed by atoms with Gasteiger partial charge in [0, 0.05) is 22.2 Å². The Hall–Kier alpha value is -2.06. The molecule has 1 aromatic carbocycles. The van der Waals surface area contributed by atoms with Gasteiger partial charge in [-0.1, -0.05) is 30.4 Å². The maximum Gasteiger partial charge on any atom is 0.0706 e. The maximum absolute atomic E-state index is 8.64. The van der Waals surface area contributed by atoms with Gasteiger partial charge in [-0.15, -0.1) is 0 Å². The highest BCUT2D eigenvalue weighted by Crippen LogP contribution is 2.35. The quantitative estimate of drug-likeness (QED) is 0.410. The Morgan fingerprint density at radius 2 is 2.00 bits per heavy atom. The zero-order chi connectivity index (χ0) is 13.1. The van der Waals surface area contributed by atoms with Crippen molar-refractivity contribution in [2.75, 3.05) is 0 Å². The summed E-state index contributed by atoms with van der Waals surface area (Å²) in [6, 6.07) is 8.13. The topological polar surface area (TPSA) is 61.7 Å². The summed E-state index contributed by atoms with van der Waals surface area (Å²) in [5.41, 5.74) is 11.6. The summed E-state index contributed by atoms with van der Waals surface area (Å²) in [4.78, 5) is 7.22. The van der Waals surface area contributed by atoms with Crippen LogP contribution in [0.2, 0.25) is 0 Å². The fourth-order valence-corrected chi connectivity index (χ4v) is 2.97. The van der Waals surface area contributed by atoms with Crippen molar-refractivity contribution in [3.8, 4) is 0 Å². The lowest BCUT2D eigenvalue weighted by Crippen LogP contribution is -2.04. The standard InChI is InChI=1S/C15H16N4/c16-19-18-15-8-9-17-14-7-6-12(10-13(14)15)11-4-2-1-3-5-11/h6-11H,1-5H2. The van der Waals surface area contributed by atoms with Gasteiger partial charge >= 0.3 is 0 Å². The molecule has 96 valence electrons. The van der Waals surface area contributed by atoms with Crippen LogP contribution in [0.5, 0.6) is 0 Å². The molecule has 0 radical (unpaired) electrons. The summed E-state index contributed by atoms with van der Waals surface area (Å²) >= 11 is 0. The van der Waals surface area contributed by atoms with Crippen LogP contribution in [0.15, 0.2) is 35.6 Å². The monoisotopic (exact) mass is 252 g/mol. The molecule has 1 aliphatic rings. The lowest BCUT2D eigenvalue weighted by Gasteiger charge is -2.22. The summed E-state index contributed by atoms with van der Waals surface area (Å²) < 4.78 is 0. The third kappa shape index (κ3) is 2.40. The van der Waals surface area contributed by atoms with E-state index in [0.29, 0.717) is 11.6 Å². The number of azide groups is 1. The molecule has 1 aliphatic carbocycles. The van der Waals surface area contributed by atoms with Crippen molar-refractivity contribution in [2.24, 2.45) is 5.11 Å². The molecule has 1 fully saturated rings. The molecule has 0 spiro atoms. The summed E-state index contributed by atoms with van der Waals surface area (Å²) in [6.45, 7) is 0. The molecule has 0 amide bonds. The van der Waals surface area contributed by atoms with Crippen molar-refractivity contribution in [2.45, 2.75) is 38.0 Å². The van der Waals surface area contributed by atoms with Crippen LogP contribution in [0.1, 0.15) is 43.6 Å². The molecule has 0 aliphatic heterocycles. The van der Waals surface area contributed by atoms with E-state index < -0.39 is 0 Å². The highest BCUT2D eigenvalue weighted by Gasteiger charge is 2.16. The third-order valence-corrected chi connectivity index (χ3v) is 3.97. The molecule has 0 unspecified atom stereocenters. The van der Waals surface area contributed by atoms with Gasteiger partial charge in [-0.05, 0) is 48.1 Å². The zero-order valence-corrected chi connectivity index (χ0v) is 10.8. The van der Waals surface area contributed by atoms with E-state index in [1.165, 1.54) is 37.7 Å². The van der Waals surface area contributed by atoms with E-state index in [9.17, 15) is 0 Å². The number of benzene rings is 1. The highest BCUT2D eigenvalue weighted by atomic mass is 15.1. The number of fused-ring (bicyclic) bond motifs is 1. The number of rotatable bonds is 2. The molecule has 1 saturated carbocycles. The minimum absolute atomic E-state index is 0.650. The minimum atomic E-state index is 0.650. The molecular weight excluding hydrogens is 236 g/mol. The molecule has 19 heavy (non-hydrogen) atoms. The van der Waals surface area contributed by atoms with Crippen LogP contribution < -0.4 is 0 Å². The van der Waals surface area contributed by atoms with Gasteiger partial charge in [-0.25, -0.2) is 0 Å². The molecule has 1 aromatic heterocycles. The number of nitrogens with zero attached hydrogens (tertiary/aromatic N) is 4. The fourth-order valence-electron chi connectivity index (χ4n) is 2.97. The van der Waals surface area contributed by atoms with E-state index >= 15 is 0 Å². The van der Waals surface area contributed by atoms with Crippen LogP contribution in [-0.2, 0) is 0 Å². The van der Waals surface area contributed by atoms with E-state index in [1.54, 1.807) is 12.3 Å². The summed E-state index contributed by atoms with van der Waals surface area (Å²) in [6.07, 6.45) is 8.21. The molecule has 0 bridgehead atoms. The van der Waals surface area contributed by atoms with Gasteiger partial charge in [0.25, 0.3) is 0 Å². The summed E-state index contributed by atoms with van der Waals surface area (Å²) in [7, 11) is 0. The van der Waals surface area contributed by atoms with Crippen LogP contribution in [0.25, 0.3) is 21.3 Å². The Labute approximate surface area is 112 Å². The van der Waals surface area contributed by atoms with Gasteiger partial charge < -0.3 is 0 Å². The van der Waals surface area contributed by atoms with Gasteiger partial charge in [0.2, 0.25) is 0 Å². The molecule has 3 rings (SSSR count). The smallest absolute Gasteiger partial charge is 0.0706 e. The molecule has 0 saturated heterocycles. The minimum Gasteiger partial charge on any atom is -0.256 e. The van der Waals surface area contributed by atoms with E-state index in [-0.39, 0.29) is 0 Å². The number of aromatic nitrogens is 1. The zero-order valence-electron chi connectivity index (χ0n) is 10.8. The Balaban J connectivity index is 2.07. The molecule has 4 nitrogen and oxygen atoms in total. The molecule has 4 heteroatoms. The average molecular weight is 252 g/mol. The van der Waals surface area contributed by atoms with Crippen molar-refractivity contribution in [3.05, 3.63) is 46.5 Å². The normalized spacial score (nSPS) is 16.2. The first-order chi connectivity index (χ1) is 9.38. The van der Waals surface area contributed by atoms with Crippen LogP contribution in [0, 0.1) is 0 Å². The molecule has 1 heterocycles. The Morgan fingerprint density at radius 1 is 1.16 bits per heavy atom. The van der Waals surface area contributed by atoms with Crippen LogP contribution >= 0.6 is 0 Å². The van der Waals surface area contributed by atoms with E-state index in [2.05, 4.69) is 27.1 Å². The number of hydrogen-bond acceptors (Lipinski definition) is 2. The van der Waals surface area contributed by atoms with Crippen LogP contribution in [0.4, 0.5) is 5.69 Å². The summed E-state index contributed by atoms with van der Waals surface area (Å²) in [5.74, 6) is 0.650. The van der Waals surface area contributed by atoms with Crippen LogP contribution in [-0.4, -0.2) is 4.98 Å². The second-order valence-corrected chi connectivity index (χ2v) is 5.13. The van der Waals surface area contributed by atoms with Crippen LogP contribution in [0.3, 0.4) is 0 Å². The van der Waals surface area contributed by atoms with Crippen molar-refractivity contribution in [1.82, 2.24) is 4.98 Å². The van der Waals surface area contributed by atoms with Gasteiger partial charge in [0.1, 0.15) is 0 Å². The van der Waals surface area contributed by atoms with Crippen molar-refractivity contribution in [3.63, 3.8) is 0 Å². The SMILES string of the molecule is [N-]=[N+]=Nc1ccnc2ccc(C3CCCCC3)cc12. The second kappa shape index (κ2) is 5.29. The van der Waals surface area contributed by atoms with Gasteiger partial charge in [0.05, 0.1) is 5.52 Å². The van der Waals surface area contributed by atoms with Crippen molar-refractivity contribution >= 4 is 16.6 Å². The Morgan fingerprint density at radius 3 is 2.79 bits per heavy atom. The van der Waals surface area contributed by atoms with Gasteiger partial charge in [-0.2, -0.15) is 0 Å². The third-order valence-electron chi connectivity index (χ3n) is 3.97.